The zero-order valence-electron chi connectivity index (χ0n) is 20.6. The van der Waals surface area contributed by atoms with E-state index in [9.17, 15) is 9.59 Å². The fourth-order valence-electron chi connectivity index (χ4n) is 4.81. The highest BCUT2D eigenvalue weighted by Gasteiger charge is 2.31. The minimum Gasteiger partial charge on any atom is -0.497 e. The van der Waals surface area contributed by atoms with Crippen molar-refractivity contribution in [2.45, 2.75) is 26.9 Å². The van der Waals surface area contributed by atoms with Gasteiger partial charge in [0.1, 0.15) is 11.5 Å². The van der Waals surface area contributed by atoms with Crippen molar-refractivity contribution >= 4 is 22.8 Å². The Bertz CT molecular complexity index is 1550. The Labute approximate surface area is 202 Å². The molecule has 9 heteroatoms. The van der Waals surface area contributed by atoms with Crippen molar-refractivity contribution in [3.8, 4) is 11.5 Å². The molecule has 0 amide bonds. The van der Waals surface area contributed by atoms with Gasteiger partial charge in [0, 0.05) is 26.2 Å². The maximum atomic E-state index is 13.7. The Kier molecular flexibility index (Phi) is 5.62. The molecule has 182 valence electrons. The van der Waals surface area contributed by atoms with Crippen molar-refractivity contribution in [3.05, 3.63) is 74.4 Å². The normalized spacial score (nSPS) is 15.3. The van der Waals surface area contributed by atoms with Gasteiger partial charge >= 0.3 is 5.69 Å². The predicted octanol–water partition coefficient (Wildman–Crippen LogP) is 3.06. The molecule has 0 unspecified atom stereocenters. The van der Waals surface area contributed by atoms with Crippen LogP contribution in [0, 0.1) is 12.8 Å². The number of anilines is 2. The molecule has 0 fully saturated rings. The highest BCUT2D eigenvalue weighted by molar-refractivity contribution is 5.78. The number of fused-ring (bicyclic) bond motifs is 3. The summed E-state index contributed by atoms with van der Waals surface area (Å²) in [7, 11) is 4.89. The fourth-order valence-corrected chi connectivity index (χ4v) is 4.81. The van der Waals surface area contributed by atoms with Crippen molar-refractivity contribution in [2.75, 3.05) is 25.7 Å². The molecule has 4 aromatic rings. The van der Waals surface area contributed by atoms with E-state index in [0.29, 0.717) is 41.7 Å². The molecule has 0 spiro atoms. The summed E-state index contributed by atoms with van der Waals surface area (Å²) in [4.78, 5) is 33.8. The predicted molar refractivity (Wildman–Crippen MR) is 135 cm³/mol. The van der Waals surface area contributed by atoms with Gasteiger partial charge in [0.2, 0.25) is 5.95 Å². The molecule has 1 aliphatic heterocycles. The van der Waals surface area contributed by atoms with Crippen LogP contribution in [-0.4, -0.2) is 39.4 Å². The highest BCUT2D eigenvalue weighted by atomic mass is 16.5. The molecule has 1 aliphatic rings. The van der Waals surface area contributed by atoms with Crippen LogP contribution >= 0.6 is 0 Å². The van der Waals surface area contributed by atoms with Crippen molar-refractivity contribution in [1.29, 1.82) is 0 Å². The van der Waals surface area contributed by atoms with E-state index in [2.05, 4.69) is 6.92 Å². The van der Waals surface area contributed by atoms with Gasteiger partial charge in [-0.3, -0.25) is 13.9 Å². The zero-order chi connectivity index (χ0) is 24.9. The molecule has 0 N–H and O–H groups in total. The van der Waals surface area contributed by atoms with Gasteiger partial charge in [-0.1, -0.05) is 31.2 Å². The van der Waals surface area contributed by atoms with E-state index in [-0.39, 0.29) is 23.7 Å². The second-order valence-electron chi connectivity index (χ2n) is 9.11. The van der Waals surface area contributed by atoms with Crippen molar-refractivity contribution in [1.82, 2.24) is 18.7 Å². The number of hydrogen-bond acceptors (Lipinski definition) is 6. The molecule has 0 bridgehead atoms. The quantitative estimate of drug-likeness (QED) is 0.441. The molecule has 5 rings (SSSR count). The molecular weight excluding hydrogens is 446 g/mol. The van der Waals surface area contributed by atoms with E-state index in [4.69, 9.17) is 14.5 Å². The summed E-state index contributed by atoms with van der Waals surface area (Å²) in [5.41, 5.74) is 2.87. The zero-order valence-corrected chi connectivity index (χ0v) is 20.6. The van der Waals surface area contributed by atoms with E-state index in [0.717, 1.165) is 16.8 Å². The molecule has 2 aromatic carbocycles. The third-order valence-corrected chi connectivity index (χ3v) is 6.71. The van der Waals surface area contributed by atoms with Crippen molar-refractivity contribution in [2.24, 2.45) is 13.0 Å². The van der Waals surface area contributed by atoms with Crippen LogP contribution in [0.2, 0.25) is 0 Å². The number of methoxy groups -OCH3 is 2. The lowest BCUT2D eigenvalue weighted by molar-refractivity contribution is 0.392. The first-order valence-electron chi connectivity index (χ1n) is 11.6. The van der Waals surface area contributed by atoms with Crippen LogP contribution in [0.15, 0.2) is 52.1 Å². The first-order valence-corrected chi connectivity index (χ1v) is 11.6. The second-order valence-corrected chi connectivity index (χ2v) is 9.11. The molecular formula is C26H29N5O4. The number of benzene rings is 2. The number of aryl methyl sites for hydroxylation is 2. The second kappa shape index (κ2) is 8.65. The van der Waals surface area contributed by atoms with Gasteiger partial charge in [-0.15, -0.1) is 0 Å². The average Bonchev–Trinajstić information content (AvgIpc) is 3.25. The molecule has 0 saturated carbocycles. The van der Waals surface area contributed by atoms with E-state index in [1.165, 1.54) is 9.13 Å². The van der Waals surface area contributed by atoms with Crippen LogP contribution in [0.1, 0.15) is 18.1 Å². The summed E-state index contributed by atoms with van der Waals surface area (Å²) < 4.78 is 15.7. The number of ether oxygens (including phenoxy) is 2. The number of hydrogen-bond donors (Lipinski definition) is 0. The molecule has 9 nitrogen and oxygen atoms in total. The minimum absolute atomic E-state index is 0.209. The van der Waals surface area contributed by atoms with Gasteiger partial charge in [0.05, 0.1) is 26.5 Å². The lowest BCUT2D eigenvalue weighted by atomic mass is 10.1. The Hall–Kier alpha value is -4.01. The van der Waals surface area contributed by atoms with Crippen molar-refractivity contribution < 1.29 is 9.47 Å². The summed E-state index contributed by atoms with van der Waals surface area (Å²) in [5.74, 6) is 2.17. The van der Waals surface area contributed by atoms with Gasteiger partial charge in [-0.2, -0.15) is 4.98 Å². The van der Waals surface area contributed by atoms with Gasteiger partial charge in [-0.25, -0.2) is 4.79 Å². The molecule has 2 aromatic heterocycles. The third kappa shape index (κ3) is 3.67. The van der Waals surface area contributed by atoms with E-state index >= 15 is 0 Å². The maximum Gasteiger partial charge on any atom is 0.332 e. The Balaban J connectivity index is 1.72. The molecule has 1 atom stereocenters. The standard InChI is InChI=1S/C26H29N5O4/c1-16-13-29(20-11-10-19(34-4)12-21(20)35-5)25-27-23-22(30(25)14-16)24(32)31(26(33)28(23)3)15-18-9-7-6-8-17(18)2/h6-12,16H,13-15H2,1-5H3/t16-/m0/s1. The smallest absolute Gasteiger partial charge is 0.332 e. The summed E-state index contributed by atoms with van der Waals surface area (Å²) in [6.07, 6.45) is 0. The Morgan fingerprint density at radius 2 is 1.83 bits per heavy atom. The number of aromatic nitrogens is 4. The lowest BCUT2D eigenvalue weighted by Gasteiger charge is -2.33. The number of rotatable bonds is 5. The van der Waals surface area contributed by atoms with E-state index < -0.39 is 0 Å². The van der Waals surface area contributed by atoms with Gasteiger partial charge in [-0.05, 0) is 36.1 Å². The first-order chi connectivity index (χ1) is 16.8. The first kappa shape index (κ1) is 22.8. The van der Waals surface area contributed by atoms with Gasteiger partial charge in [0.25, 0.3) is 5.56 Å². The van der Waals surface area contributed by atoms with Gasteiger partial charge in [0.15, 0.2) is 11.2 Å². The summed E-state index contributed by atoms with van der Waals surface area (Å²) in [6, 6.07) is 13.4. The monoisotopic (exact) mass is 475 g/mol. The van der Waals surface area contributed by atoms with Crippen LogP contribution in [0.4, 0.5) is 11.6 Å². The van der Waals surface area contributed by atoms with Crippen LogP contribution in [0.3, 0.4) is 0 Å². The Morgan fingerprint density at radius 3 is 2.54 bits per heavy atom. The third-order valence-electron chi connectivity index (χ3n) is 6.71. The Morgan fingerprint density at radius 1 is 1.06 bits per heavy atom. The molecule has 0 radical (unpaired) electrons. The molecule has 3 heterocycles. The molecule has 0 saturated heterocycles. The van der Waals surface area contributed by atoms with E-state index in [1.54, 1.807) is 21.3 Å². The average molecular weight is 476 g/mol. The summed E-state index contributed by atoms with van der Waals surface area (Å²) in [5, 5.41) is 0. The van der Waals surface area contributed by atoms with Gasteiger partial charge < -0.3 is 18.9 Å². The molecule has 0 aliphatic carbocycles. The SMILES string of the molecule is COc1ccc(N2C[C@H](C)Cn3c2nc2c3c(=O)n(Cc3ccccc3C)c(=O)n2C)c(OC)c1. The van der Waals surface area contributed by atoms with Crippen LogP contribution in [-0.2, 0) is 20.1 Å². The van der Waals surface area contributed by atoms with Crippen molar-refractivity contribution in [3.63, 3.8) is 0 Å². The minimum atomic E-state index is -0.386. The topological polar surface area (TPSA) is 83.5 Å². The summed E-state index contributed by atoms with van der Waals surface area (Å²) >= 11 is 0. The van der Waals surface area contributed by atoms with E-state index in [1.807, 2.05) is 58.9 Å². The number of nitrogens with zero attached hydrogens (tertiary/aromatic N) is 5. The van der Waals surface area contributed by atoms with Crippen LogP contribution < -0.4 is 25.6 Å². The maximum absolute atomic E-state index is 13.7. The summed E-state index contributed by atoms with van der Waals surface area (Å²) in [6.45, 7) is 5.63. The fraction of sp³-hybridized carbons (Fsp3) is 0.346. The number of imidazole rings is 1. The van der Waals surface area contributed by atoms with Crippen LogP contribution in [0.5, 0.6) is 11.5 Å². The highest BCUT2D eigenvalue weighted by Crippen LogP contribution is 2.39. The largest absolute Gasteiger partial charge is 0.497 e. The molecule has 35 heavy (non-hydrogen) atoms. The van der Waals surface area contributed by atoms with Crippen LogP contribution in [0.25, 0.3) is 11.2 Å². The lowest BCUT2D eigenvalue weighted by Crippen LogP contribution is -2.40.